The number of benzene rings is 4. The zero-order valence-electron chi connectivity index (χ0n) is 16.5. The number of nitrogens with zero attached hydrogens (tertiary/aromatic N) is 1. The molecule has 0 fully saturated rings. The average Bonchev–Trinajstić information content (AvgIpc) is 3.13. The van der Waals surface area contributed by atoms with E-state index >= 15 is 0 Å². The molecule has 5 rings (SSSR count). The van der Waals surface area contributed by atoms with Crippen molar-refractivity contribution < 1.29 is 10.0 Å². The first kappa shape index (κ1) is 19.0. The topological polar surface area (TPSA) is 45.4 Å². The lowest BCUT2D eigenvalue weighted by atomic mass is 9.80. The van der Waals surface area contributed by atoms with Crippen molar-refractivity contribution in [1.82, 2.24) is 4.57 Å². The standard InChI is InChI=1S/C25H20BNO2S/c1-30-25-14-12-19(16-22(25)26(28)29)27-23-10-6-5-9-20(23)21-15-18(11-13-24(21)27)17-7-3-2-4-8-17/h2-16,28-29H,1H3. The van der Waals surface area contributed by atoms with Crippen LogP contribution in [0.3, 0.4) is 0 Å². The number of aromatic nitrogens is 1. The Morgan fingerprint density at radius 3 is 2.20 bits per heavy atom. The van der Waals surface area contributed by atoms with Crippen molar-refractivity contribution in [2.24, 2.45) is 0 Å². The highest BCUT2D eigenvalue weighted by atomic mass is 32.2. The van der Waals surface area contributed by atoms with E-state index in [2.05, 4.69) is 65.2 Å². The molecule has 0 aliphatic heterocycles. The molecule has 0 saturated heterocycles. The van der Waals surface area contributed by atoms with E-state index in [0.717, 1.165) is 21.6 Å². The third-order valence-corrected chi connectivity index (χ3v) is 6.34. The van der Waals surface area contributed by atoms with Crippen LogP contribution in [0, 0.1) is 0 Å². The van der Waals surface area contributed by atoms with E-state index in [1.54, 1.807) is 0 Å². The zero-order valence-corrected chi connectivity index (χ0v) is 17.3. The van der Waals surface area contributed by atoms with Gasteiger partial charge >= 0.3 is 7.12 Å². The fourth-order valence-electron chi connectivity index (χ4n) is 4.12. The molecular formula is C25H20BNO2S. The molecule has 0 amide bonds. The number of fused-ring (bicyclic) bond motifs is 3. The summed E-state index contributed by atoms with van der Waals surface area (Å²) in [5.74, 6) is 0. The van der Waals surface area contributed by atoms with Gasteiger partial charge in [0, 0.05) is 21.4 Å². The lowest BCUT2D eigenvalue weighted by Crippen LogP contribution is -2.31. The van der Waals surface area contributed by atoms with Gasteiger partial charge < -0.3 is 14.6 Å². The quantitative estimate of drug-likeness (QED) is 0.330. The molecule has 3 nitrogen and oxygen atoms in total. The van der Waals surface area contributed by atoms with Gasteiger partial charge in [0.1, 0.15) is 0 Å². The minimum atomic E-state index is -1.51. The molecule has 0 saturated carbocycles. The van der Waals surface area contributed by atoms with Crippen LogP contribution in [-0.2, 0) is 0 Å². The third kappa shape index (κ3) is 3.12. The van der Waals surface area contributed by atoms with Gasteiger partial charge in [0.25, 0.3) is 0 Å². The second kappa shape index (κ2) is 7.69. The number of para-hydroxylation sites is 1. The van der Waals surface area contributed by atoms with E-state index in [4.69, 9.17) is 0 Å². The van der Waals surface area contributed by atoms with Crippen LogP contribution in [-0.4, -0.2) is 28.0 Å². The predicted molar refractivity (Wildman–Crippen MR) is 128 cm³/mol. The second-order valence-electron chi connectivity index (χ2n) is 7.25. The first-order valence-electron chi connectivity index (χ1n) is 9.80. The van der Waals surface area contributed by atoms with Gasteiger partial charge in [-0.15, -0.1) is 11.8 Å². The Labute approximate surface area is 179 Å². The van der Waals surface area contributed by atoms with E-state index < -0.39 is 7.12 Å². The summed E-state index contributed by atoms with van der Waals surface area (Å²) in [5, 5.41) is 22.1. The molecule has 0 atom stereocenters. The lowest BCUT2D eigenvalue weighted by Gasteiger charge is -2.13. The van der Waals surface area contributed by atoms with Crippen molar-refractivity contribution in [2.45, 2.75) is 4.90 Å². The van der Waals surface area contributed by atoms with Crippen molar-refractivity contribution >= 4 is 46.1 Å². The molecule has 4 aromatic carbocycles. The molecule has 5 aromatic rings. The summed E-state index contributed by atoms with van der Waals surface area (Å²) in [6.45, 7) is 0. The Bertz CT molecular complexity index is 1360. The van der Waals surface area contributed by atoms with Gasteiger partial charge in [0.15, 0.2) is 0 Å². The number of hydrogen-bond donors (Lipinski definition) is 2. The Morgan fingerprint density at radius 1 is 0.700 bits per heavy atom. The molecule has 5 heteroatoms. The van der Waals surface area contributed by atoms with Crippen LogP contribution in [0.25, 0.3) is 38.6 Å². The van der Waals surface area contributed by atoms with Crippen LogP contribution >= 0.6 is 11.8 Å². The summed E-state index contributed by atoms with van der Waals surface area (Å²) >= 11 is 1.51. The first-order valence-corrected chi connectivity index (χ1v) is 11.0. The van der Waals surface area contributed by atoms with Crippen molar-refractivity contribution in [3.8, 4) is 16.8 Å². The molecule has 1 aromatic heterocycles. The minimum Gasteiger partial charge on any atom is -0.423 e. The van der Waals surface area contributed by atoms with E-state index in [1.807, 2.05) is 36.6 Å². The highest BCUT2D eigenvalue weighted by Gasteiger charge is 2.19. The molecule has 0 aliphatic rings. The lowest BCUT2D eigenvalue weighted by molar-refractivity contribution is 0.425. The number of hydrogen-bond acceptors (Lipinski definition) is 3. The van der Waals surface area contributed by atoms with E-state index in [9.17, 15) is 10.0 Å². The van der Waals surface area contributed by atoms with Gasteiger partial charge in [-0.3, -0.25) is 0 Å². The highest BCUT2D eigenvalue weighted by molar-refractivity contribution is 7.98. The molecule has 0 bridgehead atoms. The van der Waals surface area contributed by atoms with Crippen LogP contribution in [0.5, 0.6) is 0 Å². The fraction of sp³-hybridized carbons (Fsp3) is 0.0400. The maximum absolute atomic E-state index is 9.88. The summed E-state index contributed by atoms with van der Waals surface area (Å²) in [6, 6.07) is 31.1. The summed E-state index contributed by atoms with van der Waals surface area (Å²) in [5.41, 5.74) is 5.97. The predicted octanol–water partition coefficient (Wildman–Crippen LogP) is 4.85. The second-order valence-corrected chi connectivity index (χ2v) is 8.10. The summed E-state index contributed by atoms with van der Waals surface area (Å²) < 4.78 is 2.19. The molecule has 0 spiro atoms. The molecule has 2 N–H and O–H groups in total. The van der Waals surface area contributed by atoms with Crippen molar-refractivity contribution in [1.29, 1.82) is 0 Å². The Hall–Kier alpha value is -2.99. The molecule has 0 unspecified atom stereocenters. The molecule has 0 aliphatic carbocycles. The van der Waals surface area contributed by atoms with Crippen LogP contribution in [0.4, 0.5) is 0 Å². The first-order chi connectivity index (χ1) is 14.7. The van der Waals surface area contributed by atoms with Crippen LogP contribution in [0.2, 0.25) is 0 Å². The summed E-state index contributed by atoms with van der Waals surface area (Å²) in [6.07, 6.45) is 1.94. The SMILES string of the molecule is CSc1ccc(-n2c3ccccc3c3cc(-c4ccccc4)ccc32)cc1B(O)O. The minimum absolute atomic E-state index is 0.520. The highest BCUT2D eigenvalue weighted by Crippen LogP contribution is 2.35. The summed E-state index contributed by atoms with van der Waals surface area (Å²) in [4.78, 5) is 0.862. The van der Waals surface area contributed by atoms with Gasteiger partial charge in [-0.2, -0.15) is 0 Å². The van der Waals surface area contributed by atoms with Crippen LogP contribution in [0.15, 0.2) is 95.9 Å². The smallest absolute Gasteiger partial charge is 0.423 e. The largest absolute Gasteiger partial charge is 0.489 e. The van der Waals surface area contributed by atoms with Crippen molar-refractivity contribution in [3.05, 3.63) is 91.0 Å². The molecule has 1 heterocycles. The Kier molecular flexibility index (Phi) is 4.87. The molecule has 30 heavy (non-hydrogen) atoms. The van der Waals surface area contributed by atoms with E-state index in [0.29, 0.717) is 5.46 Å². The third-order valence-electron chi connectivity index (χ3n) is 5.53. The Balaban J connectivity index is 1.79. The Morgan fingerprint density at radius 2 is 1.43 bits per heavy atom. The fourth-order valence-corrected chi connectivity index (χ4v) is 4.73. The van der Waals surface area contributed by atoms with Gasteiger partial charge in [-0.1, -0.05) is 54.6 Å². The van der Waals surface area contributed by atoms with Crippen LogP contribution in [0.1, 0.15) is 0 Å². The number of rotatable bonds is 4. The van der Waals surface area contributed by atoms with Gasteiger partial charge in [-0.05, 0) is 59.2 Å². The number of thioether (sulfide) groups is 1. The normalized spacial score (nSPS) is 11.3. The van der Waals surface area contributed by atoms with E-state index in [1.165, 1.54) is 33.7 Å². The maximum Gasteiger partial charge on any atom is 0.489 e. The van der Waals surface area contributed by atoms with Crippen molar-refractivity contribution in [3.63, 3.8) is 0 Å². The van der Waals surface area contributed by atoms with Crippen LogP contribution < -0.4 is 5.46 Å². The molecular weight excluding hydrogens is 389 g/mol. The summed E-state index contributed by atoms with van der Waals surface area (Å²) in [7, 11) is -1.51. The van der Waals surface area contributed by atoms with E-state index in [-0.39, 0.29) is 0 Å². The average molecular weight is 409 g/mol. The molecule has 0 radical (unpaired) electrons. The maximum atomic E-state index is 9.88. The monoisotopic (exact) mass is 409 g/mol. The van der Waals surface area contributed by atoms with Crippen molar-refractivity contribution in [2.75, 3.05) is 6.26 Å². The molecule has 146 valence electrons. The van der Waals surface area contributed by atoms with Gasteiger partial charge in [0.2, 0.25) is 0 Å². The van der Waals surface area contributed by atoms with Gasteiger partial charge in [-0.25, -0.2) is 0 Å². The van der Waals surface area contributed by atoms with Gasteiger partial charge in [0.05, 0.1) is 11.0 Å². The zero-order chi connectivity index (χ0) is 20.7.